The van der Waals surface area contributed by atoms with Crippen molar-refractivity contribution in [2.24, 2.45) is 0 Å². The highest BCUT2D eigenvalue weighted by atomic mass is 127. The normalized spacial score (nSPS) is 11.1. The first-order chi connectivity index (χ1) is 9.63. The van der Waals surface area contributed by atoms with E-state index in [2.05, 4.69) is 81.5 Å². The minimum Gasteiger partial charge on any atom is -0.331 e. The van der Waals surface area contributed by atoms with Gasteiger partial charge in [0.2, 0.25) is 0 Å². The summed E-state index contributed by atoms with van der Waals surface area (Å²) in [4.78, 5) is 3.29. The monoisotopic (exact) mass is 394 g/mol. The van der Waals surface area contributed by atoms with Crippen LogP contribution in [0.15, 0.2) is 42.5 Å². The molecule has 0 aliphatic rings. The quantitative estimate of drug-likeness (QED) is 0.497. The zero-order valence-corrected chi connectivity index (χ0v) is 14.2. The number of nitrogens with zero attached hydrogens (tertiary/aromatic N) is 1. The van der Waals surface area contributed by atoms with Gasteiger partial charge in [0.1, 0.15) is 0 Å². The van der Waals surface area contributed by atoms with Crippen LogP contribution in [-0.2, 0) is 13.0 Å². The Morgan fingerprint density at radius 3 is 2.85 bits per heavy atom. The summed E-state index contributed by atoms with van der Waals surface area (Å²) in [5, 5.41) is 0. The molecule has 0 bridgehead atoms. The number of aromatic amines is 1. The first-order valence-electron chi connectivity index (χ1n) is 6.57. The van der Waals surface area contributed by atoms with Crippen LogP contribution in [0.2, 0.25) is 0 Å². The van der Waals surface area contributed by atoms with Gasteiger partial charge in [-0.05, 0) is 71.9 Å². The molecule has 0 spiro atoms. The summed E-state index contributed by atoms with van der Waals surface area (Å²) in [6.07, 6.45) is 0.995. The standard InChI is InChI=1S/C16H15IN2S/c1-11-3-2-4-12(9-11)7-8-19-15-6-5-13(17)10-14(15)18-16(19)20/h2-6,9-10H,7-8H2,1H3,(H,18,20). The van der Waals surface area contributed by atoms with Gasteiger partial charge in [0, 0.05) is 10.1 Å². The average Bonchev–Trinajstić information content (AvgIpc) is 2.71. The fourth-order valence-electron chi connectivity index (χ4n) is 2.47. The second-order valence-electron chi connectivity index (χ2n) is 4.98. The number of halogens is 1. The fourth-order valence-corrected chi connectivity index (χ4v) is 3.26. The number of H-pyrrole nitrogens is 1. The highest BCUT2D eigenvalue weighted by molar-refractivity contribution is 14.1. The molecule has 0 amide bonds. The largest absolute Gasteiger partial charge is 0.331 e. The number of hydrogen-bond acceptors (Lipinski definition) is 1. The molecule has 0 saturated carbocycles. The molecular weight excluding hydrogens is 379 g/mol. The zero-order valence-electron chi connectivity index (χ0n) is 11.2. The summed E-state index contributed by atoms with van der Waals surface area (Å²) in [6, 6.07) is 15.0. The minimum atomic E-state index is 0.801. The molecule has 2 aromatic carbocycles. The van der Waals surface area contributed by atoms with Crippen molar-refractivity contribution in [2.75, 3.05) is 0 Å². The smallest absolute Gasteiger partial charge is 0.178 e. The van der Waals surface area contributed by atoms with E-state index < -0.39 is 0 Å². The number of benzene rings is 2. The van der Waals surface area contributed by atoms with E-state index in [0.29, 0.717) is 0 Å². The molecule has 20 heavy (non-hydrogen) atoms. The van der Waals surface area contributed by atoms with Gasteiger partial charge in [-0.15, -0.1) is 0 Å². The Morgan fingerprint density at radius 1 is 1.20 bits per heavy atom. The molecule has 0 unspecified atom stereocenters. The number of aromatic nitrogens is 2. The predicted octanol–water partition coefficient (Wildman–Crippen LogP) is 4.85. The van der Waals surface area contributed by atoms with Gasteiger partial charge < -0.3 is 9.55 Å². The summed E-state index contributed by atoms with van der Waals surface area (Å²) in [5.74, 6) is 0. The van der Waals surface area contributed by atoms with Gasteiger partial charge in [-0.1, -0.05) is 29.8 Å². The van der Waals surface area contributed by atoms with Gasteiger partial charge in [0.25, 0.3) is 0 Å². The minimum absolute atomic E-state index is 0.801. The number of fused-ring (bicyclic) bond motifs is 1. The Morgan fingerprint density at radius 2 is 2.05 bits per heavy atom. The van der Waals surface area contributed by atoms with Crippen molar-refractivity contribution < 1.29 is 0 Å². The van der Waals surface area contributed by atoms with Crippen molar-refractivity contribution >= 4 is 45.8 Å². The molecule has 102 valence electrons. The molecule has 0 fully saturated rings. The topological polar surface area (TPSA) is 20.7 Å². The number of rotatable bonds is 3. The van der Waals surface area contributed by atoms with Crippen LogP contribution in [0, 0.1) is 15.3 Å². The lowest BCUT2D eigenvalue weighted by Gasteiger charge is -2.06. The molecule has 0 aliphatic heterocycles. The van der Waals surface area contributed by atoms with E-state index in [0.717, 1.165) is 23.3 Å². The molecule has 4 heteroatoms. The Kier molecular flexibility index (Phi) is 3.94. The van der Waals surface area contributed by atoms with E-state index in [-0.39, 0.29) is 0 Å². The van der Waals surface area contributed by atoms with Crippen LogP contribution in [-0.4, -0.2) is 9.55 Å². The molecule has 3 aromatic rings. The van der Waals surface area contributed by atoms with Crippen molar-refractivity contribution in [3.63, 3.8) is 0 Å². The van der Waals surface area contributed by atoms with Crippen LogP contribution in [0.25, 0.3) is 11.0 Å². The predicted molar refractivity (Wildman–Crippen MR) is 94.7 cm³/mol. The van der Waals surface area contributed by atoms with E-state index in [1.165, 1.54) is 20.2 Å². The third-order valence-corrected chi connectivity index (χ3v) is 4.44. The molecule has 1 N–H and O–H groups in total. The number of aryl methyl sites for hydroxylation is 3. The van der Waals surface area contributed by atoms with E-state index >= 15 is 0 Å². The third kappa shape index (κ3) is 2.81. The highest BCUT2D eigenvalue weighted by Gasteiger charge is 2.05. The van der Waals surface area contributed by atoms with Gasteiger partial charge in [-0.2, -0.15) is 0 Å². The molecule has 1 heterocycles. The lowest BCUT2D eigenvalue weighted by Crippen LogP contribution is -2.01. The zero-order chi connectivity index (χ0) is 14.1. The summed E-state index contributed by atoms with van der Waals surface area (Å²) >= 11 is 7.76. The number of nitrogens with one attached hydrogen (secondary N) is 1. The fraction of sp³-hybridized carbons (Fsp3) is 0.188. The van der Waals surface area contributed by atoms with E-state index in [1.807, 2.05) is 0 Å². The molecular formula is C16H15IN2S. The molecule has 0 radical (unpaired) electrons. The first-order valence-corrected chi connectivity index (χ1v) is 8.06. The lowest BCUT2D eigenvalue weighted by molar-refractivity contribution is 0.706. The third-order valence-electron chi connectivity index (χ3n) is 3.44. The summed E-state index contributed by atoms with van der Waals surface area (Å²) < 4.78 is 4.20. The maximum absolute atomic E-state index is 5.44. The summed E-state index contributed by atoms with van der Waals surface area (Å²) in [6.45, 7) is 3.03. The van der Waals surface area contributed by atoms with Gasteiger partial charge in [-0.3, -0.25) is 0 Å². The maximum Gasteiger partial charge on any atom is 0.178 e. The Balaban J connectivity index is 1.91. The Hall–Kier alpha value is -1.14. The summed E-state index contributed by atoms with van der Waals surface area (Å²) in [5.41, 5.74) is 4.96. The molecule has 3 rings (SSSR count). The van der Waals surface area contributed by atoms with Crippen LogP contribution in [0.5, 0.6) is 0 Å². The molecule has 0 atom stereocenters. The summed E-state index contributed by atoms with van der Waals surface area (Å²) in [7, 11) is 0. The lowest BCUT2D eigenvalue weighted by atomic mass is 10.1. The maximum atomic E-state index is 5.44. The molecule has 2 nitrogen and oxygen atoms in total. The van der Waals surface area contributed by atoms with Crippen LogP contribution in [0.1, 0.15) is 11.1 Å². The van der Waals surface area contributed by atoms with Crippen LogP contribution in [0.3, 0.4) is 0 Å². The SMILES string of the molecule is Cc1cccc(CCn2c(=S)[nH]c3cc(I)ccc32)c1. The van der Waals surface area contributed by atoms with E-state index in [1.54, 1.807) is 0 Å². The van der Waals surface area contributed by atoms with Gasteiger partial charge in [0.15, 0.2) is 4.77 Å². The molecule has 0 aliphatic carbocycles. The van der Waals surface area contributed by atoms with Crippen LogP contribution >= 0.6 is 34.8 Å². The molecule has 1 aromatic heterocycles. The first kappa shape index (κ1) is 13.8. The highest BCUT2D eigenvalue weighted by Crippen LogP contribution is 2.18. The van der Waals surface area contributed by atoms with Crippen LogP contribution in [0.4, 0.5) is 0 Å². The van der Waals surface area contributed by atoms with E-state index in [4.69, 9.17) is 12.2 Å². The Labute approximate surface area is 137 Å². The van der Waals surface area contributed by atoms with Gasteiger partial charge in [-0.25, -0.2) is 0 Å². The average molecular weight is 394 g/mol. The number of hydrogen-bond donors (Lipinski definition) is 1. The van der Waals surface area contributed by atoms with Gasteiger partial charge in [0.05, 0.1) is 11.0 Å². The van der Waals surface area contributed by atoms with Gasteiger partial charge >= 0.3 is 0 Å². The van der Waals surface area contributed by atoms with Crippen molar-refractivity contribution in [2.45, 2.75) is 19.9 Å². The van der Waals surface area contributed by atoms with E-state index in [9.17, 15) is 0 Å². The second kappa shape index (κ2) is 5.69. The van der Waals surface area contributed by atoms with Crippen LogP contribution < -0.4 is 0 Å². The second-order valence-corrected chi connectivity index (χ2v) is 6.61. The molecule has 0 saturated heterocycles. The van der Waals surface area contributed by atoms with Crippen molar-refractivity contribution in [3.8, 4) is 0 Å². The Bertz CT molecular complexity index is 817. The number of imidazole rings is 1. The van der Waals surface area contributed by atoms with Crippen molar-refractivity contribution in [1.82, 2.24) is 9.55 Å². The van der Waals surface area contributed by atoms with Crippen molar-refractivity contribution in [3.05, 3.63) is 61.9 Å². The van der Waals surface area contributed by atoms with Crippen molar-refractivity contribution in [1.29, 1.82) is 0 Å².